The van der Waals surface area contributed by atoms with Gasteiger partial charge in [-0.05, 0) is 72.0 Å². The van der Waals surface area contributed by atoms with Gasteiger partial charge in [0, 0.05) is 30.3 Å². The first-order chi connectivity index (χ1) is 23.0. The molecule has 5 rings (SSSR count). The van der Waals surface area contributed by atoms with Gasteiger partial charge >= 0.3 is 0 Å². The zero-order valence-electron chi connectivity index (χ0n) is 26.4. The number of nitrogens with zero attached hydrogens (tertiary/aromatic N) is 6. The molecule has 48 heavy (non-hydrogen) atoms. The lowest BCUT2D eigenvalue weighted by Gasteiger charge is -2.11. The van der Waals surface area contributed by atoms with Crippen molar-refractivity contribution >= 4 is 66.8 Å². The zero-order chi connectivity index (χ0) is 34.4. The number of phenols is 1. The first kappa shape index (κ1) is 33.4. The van der Waals surface area contributed by atoms with Gasteiger partial charge in [0.1, 0.15) is 33.5 Å². The molecule has 0 spiro atoms. The molecule has 0 atom stereocenters. The Morgan fingerprint density at radius 2 is 1.46 bits per heavy atom. The van der Waals surface area contributed by atoms with Crippen LogP contribution in [0.15, 0.2) is 121 Å². The summed E-state index contributed by atoms with van der Waals surface area (Å²) in [7, 11) is -0.135. The third-order valence-corrected chi connectivity index (χ3v) is 8.06. The summed E-state index contributed by atoms with van der Waals surface area (Å²) in [4.78, 5) is -0.599. The summed E-state index contributed by atoms with van der Waals surface area (Å²) in [6, 6.07) is 22.0. The number of anilines is 1. The molecule has 0 heterocycles. The summed E-state index contributed by atoms with van der Waals surface area (Å²) < 4.78 is 45.4. The molecule has 0 fully saturated rings. The van der Waals surface area contributed by atoms with Gasteiger partial charge in [-0.2, -0.15) is 23.8 Å². The lowest BCUT2D eigenvalue weighted by molar-refractivity contribution is 0.415. The number of azo groups is 3. The van der Waals surface area contributed by atoms with E-state index in [-0.39, 0.29) is 11.4 Å². The van der Waals surface area contributed by atoms with Crippen molar-refractivity contribution in [1.29, 1.82) is 0 Å². The van der Waals surface area contributed by atoms with Crippen LogP contribution in [0.3, 0.4) is 0 Å². The Morgan fingerprint density at radius 1 is 0.771 bits per heavy atom. The van der Waals surface area contributed by atoms with Gasteiger partial charge in [-0.25, -0.2) is 0 Å². The lowest BCUT2D eigenvalue weighted by Crippen LogP contribution is -1.99. The summed E-state index contributed by atoms with van der Waals surface area (Å²) in [5.74, 6) is 0.204. The number of phenolic OH excluding ortho intramolecular Hbond substituents is 1. The molecule has 3 N–H and O–H groups in total. The molecular formula is C34H31N7O6S. The molecule has 0 saturated carbocycles. The Balaban J connectivity index is 1.45. The second-order valence-corrected chi connectivity index (χ2v) is 11.7. The highest BCUT2D eigenvalue weighted by atomic mass is 32.2. The van der Waals surface area contributed by atoms with Crippen LogP contribution in [-0.2, 0) is 10.1 Å². The third-order valence-electron chi connectivity index (χ3n) is 7.19. The zero-order valence-corrected chi connectivity index (χ0v) is 27.2. The van der Waals surface area contributed by atoms with E-state index in [0.717, 1.165) is 5.56 Å². The fourth-order valence-electron chi connectivity index (χ4n) is 4.65. The maximum atomic E-state index is 12.2. The van der Waals surface area contributed by atoms with Crippen molar-refractivity contribution in [1.82, 2.24) is 0 Å². The Bertz CT molecular complexity index is 2230. The van der Waals surface area contributed by atoms with Crippen LogP contribution in [0.2, 0.25) is 0 Å². The van der Waals surface area contributed by atoms with Crippen molar-refractivity contribution in [2.45, 2.75) is 11.8 Å². The Kier molecular flexibility index (Phi) is 9.87. The molecule has 0 aliphatic heterocycles. The van der Waals surface area contributed by atoms with Crippen LogP contribution in [0.4, 0.5) is 39.8 Å². The van der Waals surface area contributed by atoms with E-state index in [9.17, 15) is 18.1 Å². The molecule has 0 bridgehead atoms. The lowest BCUT2D eigenvalue weighted by atomic mass is 10.1. The van der Waals surface area contributed by atoms with Crippen molar-refractivity contribution < 1.29 is 27.6 Å². The molecular weight excluding hydrogens is 634 g/mol. The molecule has 0 saturated heterocycles. The number of nitrogens with one attached hydrogen (secondary N) is 1. The van der Waals surface area contributed by atoms with Crippen molar-refractivity contribution in [2.75, 3.05) is 26.6 Å². The fourth-order valence-corrected chi connectivity index (χ4v) is 5.31. The Morgan fingerprint density at radius 3 is 2.15 bits per heavy atom. The van der Waals surface area contributed by atoms with Crippen molar-refractivity contribution in [3.05, 3.63) is 96.6 Å². The summed E-state index contributed by atoms with van der Waals surface area (Å²) in [6.45, 7) is 5.54. The van der Waals surface area contributed by atoms with Crippen molar-refractivity contribution in [2.24, 2.45) is 30.7 Å². The van der Waals surface area contributed by atoms with Gasteiger partial charge in [-0.1, -0.05) is 30.9 Å². The second-order valence-electron chi connectivity index (χ2n) is 10.3. The summed E-state index contributed by atoms with van der Waals surface area (Å²) in [5.41, 5.74) is 4.15. The molecule has 14 heteroatoms. The van der Waals surface area contributed by atoms with E-state index in [1.807, 2.05) is 24.3 Å². The van der Waals surface area contributed by atoms with Gasteiger partial charge in [0.05, 0.1) is 31.3 Å². The van der Waals surface area contributed by atoms with Crippen LogP contribution in [0.25, 0.3) is 16.8 Å². The second kappa shape index (κ2) is 14.2. The van der Waals surface area contributed by atoms with Crippen LogP contribution in [0.1, 0.15) is 11.1 Å². The van der Waals surface area contributed by atoms with Gasteiger partial charge in [-0.3, -0.25) is 4.55 Å². The van der Waals surface area contributed by atoms with Crippen LogP contribution >= 0.6 is 0 Å². The van der Waals surface area contributed by atoms with E-state index in [0.29, 0.717) is 50.5 Å². The standard InChI is InChI=1S/C34H31N7O6S/c1-6-21-8-7-9-24(15-21)36-37-25-12-13-27(30(18-25)46-4)38-39-28-19-31(47-5)29(14-20(28)2)40-41-33-32(48(43,44)45)16-22-10-11-23(35-3)17-26(22)34(33)42/h6-19,35,42H,1H2,2-5H3,(H,43,44,45). The predicted molar refractivity (Wildman–Crippen MR) is 185 cm³/mol. The number of benzene rings is 5. The van der Waals surface area contributed by atoms with E-state index >= 15 is 0 Å². The molecule has 0 aliphatic rings. The topological polar surface area (TPSA) is 179 Å². The number of methoxy groups -OCH3 is 2. The van der Waals surface area contributed by atoms with Gasteiger partial charge in [0.2, 0.25) is 0 Å². The number of fused-ring (bicyclic) bond motifs is 1. The van der Waals surface area contributed by atoms with Crippen molar-refractivity contribution in [3.8, 4) is 17.2 Å². The largest absolute Gasteiger partial charge is 0.505 e. The molecule has 0 radical (unpaired) electrons. The predicted octanol–water partition coefficient (Wildman–Crippen LogP) is 10.0. The first-order valence-corrected chi connectivity index (χ1v) is 15.8. The van der Waals surface area contributed by atoms with Crippen LogP contribution in [0.5, 0.6) is 17.2 Å². The molecule has 0 aliphatic carbocycles. The van der Waals surface area contributed by atoms with Gasteiger partial charge in [0.15, 0.2) is 5.75 Å². The van der Waals surface area contributed by atoms with E-state index < -0.39 is 26.5 Å². The highest BCUT2D eigenvalue weighted by Gasteiger charge is 2.22. The average Bonchev–Trinajstić information content (AvgIpc) is 3.09. The summed E-state index contributed by atoms with van der Waals surface area (Å²) in [6.07, 6.45) is 1.73. The van der Waals surface area contributed by atoms with Crippen LogP contribution < -0.4 is 14.8 Å². The van der Waals surface area contributed by atoms with Crippen molar-refractivity contribution in [3.63, 3.8) is 0 Å². The van der Waals surface area contributed by atoms with Crippen LogP contribution in [0, 0.1) is 6.92 Å². The molecule has 13 nitrogen and oxygen atoms in total. The normalized spacial score (nSPS) is 11.9. The molecule has 0 aromatic heterocycles. The van der Waals surface area contributed by atoms with Gasteiger partial charge in [-0.15, -0.1) is 15.3 Å². The molecule has 5 aromatic carbocycles. The molecule has 5 aromatic rings. The fraction of sp³-hybridized carbons (Fsp3) is 0.118. The van der Waals surface area contributed by atoms with E-state index in [1.165, 1.54) is 20.3 Å². The van der Waals surface area contributed by atoms with E-state index in [1.54, 1.807) is 68.6 Å². The molecule has 0 unspecified atom stereocenters. The van der Waals surface area contributed by atoms with E-state index in [4.69, 9.17) is 9.47 Å². The number of aryl methyl sites for hydroxylation is 1. The van der Waals surface area contributed by atoms with Gasteiger partial charge in [0.25, 0.3) is 10.1 Å². The van der Waals surface area contributed by atoms with E-state index in [2.05, 4.69) is 42.6 Å². The third kappa shape index (κ3) is 7.35. The maximum Gasteiger partial charge on any atom is 0.296 e. The molecule has 0 amide bonds. The number of aromatic hydroxyl groups is 1. The number of ether oxygens (including phenoxy) is 2. The SMILES string of the molecule is C=Cc1cccc(N=Nc2ccc(N=Nc3cc(OC)c(N=Nc4c(S(=O)(=O)O)cc5ccc(NC)cc5c4O)cc3C)c(OC)c2)c1. The van der Waals surface area contributed by atoms with Gasteiger partial charge < -0.3 is 19.9 Å². The smallest absolute Gasteiger partial charge is 0.296 e. The maximum absolute atomic E-state index is 12.2. The number of rotatable bonds is 11. The monoisotopic (exact) mass is 665 g/mol. The highest BCUT2D eigenvalue weighted by molar-refractivity contribution is 7.86. The Labute approximate surface area is 276 Å². The minimum Gasteiger partial charge on any atom is -0.505 e. The minimum atomic E-state index is -4.77. The van der Waals surface area contributed by atoms with Crippen LogP contribution in [-0.4, -0.2) is 39.3 Å². The minimum absolute atomic E-state index is 0.213. The average molecular weight is 666 g/mol. The summed E-state index contributed by atoms with van der Waals surface area (Å²) in [5, 5.41) is 40.2. The number of hydrogen-bond acceptors (Lipinski definition) is 12. The Hall–Kier alpha value is -5.99. The quantitative estimate of drug-likeness (QED) is 0.0927. The number of hydrogen-bond donors (Lipinski definition) is 3. The molecule has 244 valence electrons. The highest BCUT2D eigenvalue weighted by Crippen LogP contribution is 2.44. The first-order valence-electron chi connectivity index (χ1n) is 14.3. The summed E-state index contributed by atoms with van der Waals surface area (Å²) >= 11 is 0.